The van der Waals surface area contributed by atoms with Crippen molar-refractivity contribution >= 4 is 15.9 Å². The molecule has 2 aromatic carbocycles. The molecule has 1 unspecified atom stereocenters. The molecule has 0 radical (unpaired) electrons. The van der Waals surface area contributed by atoms with Gasteiger partial charge in [-0.05, 0) is 43.3 Å². The zero-order chi connectivity index (χ0) is 13.8. The van der Waals surface area contributed by atoms with Gasteiger partial charge in [0.25, 0.3) is 0 Å². The number of nitrogens with one attached hydrogen (secondary N) is 1. The summed E-state index contributed by atoms with van der Waals surface area (Å²) in [7, 11) is 1.79. The van der Waals surface area contributed by atoms with Gasteiger partial charge in [0, 0.05) is 16.1 Å². The molecule has 0 saturated heterocycles. The molecule has 0 aromatic heterocycles. The molecule has 1 N–H and O–H groups in total. The van der Waals surface area contributed by atoms with Crippen molar-refractivity contribution in [2.75, 3.05) is 7.05 Å². The Hall–Kier alpha value is -1.26. The van der Waals surface area contributed by atoms with E-state index >= 15 is 0 Å². The molecular weight excluding hydrogens is 312 g/mol. The second-order valence-corrected chi connectivity index (χ2v) is 5.25. The van der Waals surface area contributed by atoms with Crippen LogP contribution in [0, 0.1) is 11.6 Å². The number of rotatable bonds is 4. The summed E-state index contributed by atoms with van der Waals surface area (Å²) in [5.41, 5.74) is 1.57. The topological polar surface area (TPSA) is 12.0 Å². The third-order valence-corrected chi connectivity index (χ3v) is 3.53. The van der Waals surface area contributed by atoms with E-state index in [0.29, 0.717) is 16.5 Å². The van der Waals surface area contributed by atoms with Crippen LogP contribution in [0.25, 0.3) is 0 Å². The lowest BCUT2D eigenvalue weighted by molar-refractivity contribution is 0.533. The van der Waals surface area contributed by atoms with Crippen LogP contribution >= 0.6 is 15.9 Å². The lowest BCUT2D eigenvalue weighted by atomic mass is 9.98. The number of hydrogen-bond donors (Lipinski definition) is 1. The number of likely N-dealkylation sites (N-methyl/N-ethyl adjacent to an activating group) is 1. The highest BCUT2D eigenvalue weighted by Gasteiger charge is 2.14. The van der Waals surface area contributed by atoms with Crippen molar-refractivity contribution in [3.63, 3.8) is 0 Å². The molecule has 19 heavy (non-hydrogen) atoms. The van der Waals surface area contributed by atoms with Gasteiger partial charge in [0.2, 0.25) is 0 Å². The normalized spacial score (nSPS) is 12.4. The smallest absolute Gasteiger partial charge is 0.129 e. The highest BCUT2D eigenvalue weighted by Crippen LogP contribution is 2.24. The van der Waals surface area contributed by atoms with E-state index in [9.17, 15) is 8.78 Å². The molecule has 0 aliphatic heterocycles. The molecule has 0 spiro atoms. The van der Waals surface area contributed by atoms with Crippen LogP contribution in [0.3, 0.4) is 0 Å². The van der Waals surface area contributed by atoms with E-state index in [1.54, 1.807) is 25.2 Å². The molecule has 1 atom stereocenters. The average Bonchev–Trinajstić information content (AvgIpc) is 2.39. The van der Waals surface area contributed by atoms with Gasteiger partial charge in [0.15, 0.2) is 0 Å². The zero-order valence-electron chi connectivity index (χ0n) is 10.5. The Kier molecular flexibility index (Phi) is 4.66. The quantitative estimate of drug-likeness (QED) is 0.887. The summed E-state index contributed by atoms with van der Waals surface area (Å²) in [5.74, 6) is -0.518. The summed E-state index contributed by atoms with van der Waals surface area (Å²) in [6, 6.07) is 11.1. The molecular formula is C15H14BrF2N. The fourth-order valence-electron chi connectivity index (χ4n) is 2.01. The van der Waals surface area contributed by atoms with Gasteiger partial charge in [-0.3, -0.25) is 0 Å². The largest absolute Gasteiger partial charge is 0.313 e. The molecule has 0 aliphatic rings. The maximum atomic E-state index is 13.9. The minimum Gasteiger partial charge on any atom is -0.313 e. The second-order valence-electron chi connectivity index (χ2n) is 4.34. The van der Waals surface area contributed by atoms with Crippen molar-refractivity contribution in [2.45, 2.75) is 12.5 Å². The first-order chi connectivity index (χ1) is 9.10. The standard InChI is InChI=1S/C15H14BrF2N/c1-19-15(8-10-2-5-12(17)6-3-10)13-7-4-11(16)9-14(13)18/h2-7,9,15,19H,8H2,1H3. The summed E-state index contributed by atoms with van der Waals surface area (Å²) < 4.78 is 27.5. The van der Waals surface area contributed by atoms with Crippen molar-refractivity contribution in [2.24, 2.45) is 0 Å². The van der Waals surface area contributed by atoms with Gasteiger partial charge in [-0.1, -0.05) is 34.1 Å². The summed E-state index contributed by atoms with van der Waals surface area (Å²) in [4.78, 5) is 0. The molecule has 0 amide bonds. The number of benzene rings is 2. The molecule has 0 aliphatic carbocycles. The highest BCUT2D eigenvalue weighted by atomic mass is 79.9. The molecule has 1 nitrogen and oxygen atoms in total. The van der Waals surface area contributed by atoms with Crippen LogP contribution < -0.4 is 5.32 Å². The Morgan fingerprint density at radius 3 is 2.37 bits per heavy atom. The summed E-state index contributed by atoms with van der Waals surface area (Å²) in [5, 5.41) is 3.09. The predicted octanol–water partition coefficient (Wildman–Crippen LogP) is 4.23. The third kappa shape index (κ3) is 3.61. The van der Waals surface area contributed by atoms with E-state index in [-0.39, 0.29) is 17.7 Å². The Morgan fingerprint density at radius 1 is 1.11 bits per heavy atom. The van der Waals surface area contributed by atoms with Crippen LogP contribution in [0.2, 0.25) is 0 Å². The van der Waals surface area contributed by atoms with Crippen LogP contribution in [-0.2, 0) is 6.42 Å². The van der Waals surface area contributed by atoms with Crippen LogP contribution in [-0.4, -0.2) is 7.05 Å². The molecule has 0 saturated carbocycles. The minimum atomic E-state index is -0.264. The first-order valence-corrected chi connectivity index (χ1v) is 6.76. The highest BCUT2D eigenvalue weighted by molar-refractivity contribution is 9.10. The average molecular weight is 326 g/mol. The van der Waals surface area contributed by atoms with Crippen LogP contribution in [0.1, 0.15) is 17.2 Å². The van der Waals surface area contributed by atoms with Gasteiger partial charge in [-0.25, -0.2) is 8.78 Å². The minimum absolute atomic E-state index is 0.140. The van der Waals surface area contributed by atoms with E-state index in [4.69, 9.17) is 0 Å². The SMILES string of the molecule is CNC(Cc1ccc(F)cc1)c1ccc(Br)cc1F. The molecule has 4 heteroatoms. The second kappa shape index (κ2) is 6.26. The molecule has 0 fully saturated rings. The maximum Gasteiger partial charge on any atom is 0.129 e. The van der Waals surface area contributed by atoms with Crippen LogP contribution in [0.5, 0.6) is 0 Å². The first-order valence-electron chi connectivity index (χ1n) is 5.97. The van der Waals surface area contributed by atoms with Crippen LogP contribution in [0.15, 0.2) is 46.9 Å². The number of hydrogen-bond acceptors (Lipinski definition) is 1. The summed E-state index contributed by atoms with van der Waals surface area (Å²) >= 11 is 3.24. The fraction of sp³-hybridized carbons (Fsp3) is 0.200. The zero-order valence-corrected chi connectivity index (χ0v) is 12.0. The molecule has 0 bridgehead atoms. The lowest BCUT2D eigenvalue weighted by Gasteiger charge is -2.17. The molecule has 0 heterocycles. The van der Waals surface area contributed by atoms with Crippen molar-refractivity contribution in [1.82, 2.24) is 5.32 Å². The van der Waals surface area contributed by atoms with E-state index in [2.05, 4.69) is 21.2 Å². The summed E-state index contributed by atoms with van der Waals surface area (Å²) in [6.07, 6.45) is 0.606. The van der Waals surface area contributed by atoms with Gasteiger partial charge in [0.1, 0.15) is 11.6 Å². The van der Waals surface area contributed by atoms with Gasteiger partial charge in [-0.15, -0.1) is 0 Å². The predicted molar refractivity (Wildman–Crippen MR) is 76.0 cm³/mol. The third-order valence-electron chi connectivity index (χ3n) is 3.04. The fourth-order valence-corrected chi connectivity index (χ4v) is 2.34. The monoisotopic (exact) mass is 325 g/mol. The first kappa shape index (κ1) is 14.2. The van der Waals surface area contributed by atoms with Gasteiger partial charge >= 0.3 is 0 Å². The Bertz CT molecular complexity index is 555. The van der Waals surface area contributed by atoms with Gasteiger partial charge in [-0.2, -0.15) is 0 Å². The maximum absolute atomic E-state index is 13.9. The molecule has 2 aromatic rings. The van der Waals surface area contributed by atoms with E-state index in [1.807, 2.05) is 6.07 Å². The Morgan fingerprint density at radius 2 is 1.79 bits per heavy atom. The lowest BCUT2D eigenvalue weighted by Crippen LogP contribution is -2.20. The van der Waals surface area contributed by atoms with Crippen molar-refractivity contribution in [1.29, 1.82) is 0 Å². The van der Waals surface area contributed by atoms with E-state index < -0.39 is 0 Å². The Balaban J connectivity index is 2.22. The van der Waals surface area contributed by atoms with Crippen molar-refractivity contribution in [3.05, 3.63) is 69.7 Å². The van der Waals surface area contributed by atoms with E-state index in [0.717, 1.165) is 5.56 Å². The van der Waals surface area contributed by atoms with Gasteiger partial charge < -0.3 is 5.32 Å². The van der Waals surface area contributed by atoms with Crippen molar-refractivity contribution < 1.29 is 8.78 Å². The number of halogens is 3. The molecule has 2 rings (SSSR count). The van der Waals surface area contributed by atoms with Crippen LogP contribution in [0.4, 0.5) is 8.78 Å². The molecule has 100 valence electrons. The van der Waals surface area contributed by atoms with Crippen molar-refractivity contribution in [3.8, 4) is 0 Å². The summed E-state index contributed by atoms with van der Waals surface area (Å²) in [6.45, 7) is 0. The van der Waals surface area contributed by atoms with Gasteiger partial charge in [0.05, 0.1) is 0 Å². The van der Waals surface area contributed by atoms with E-state index in [1.165, 1.54) is 18.2 Å². The Labute approximate surface area is 119 Å².